The molecule has 1 aromatic carbocycles. The predicted molar refractivity (Wildman–Crippen MR) is 95.6 cm³/mol. The Kier molecular flexibility index (Phi) is 6.31. The van der Waals surface area contributed by atoms with Crippen LogP contribution in [0.4, 0.5) is 10.7 Å². The number of esters is 1. The van der Waals surface area contributed by atoms with Crippen LogP contribution in [-0.2, 0) is 16.0 Å². The van der Waals surface area contributed by atoms with Gasteiger partial charge in [-0.25, -0.2) is 9.78 Å². The first-order valence-electron chi connectivity index (χ1n) is 7.83. The molecule has 6 nitrogen and oxygen atoms in total. The van der Waals surface area contributed by atoms with Crippen molar-refractivity contribution in [2.75, 3.05) is 17.2 Å². The summed E-state index contributed by atoms with van der Waals surface area (Å²) in [6, 6.07) is 7.55. The summed E-state index contributed by atoms with van der Waals surface area (Å²) in [5.74, 6) is -0.996. The highest BCUT2D eigenvalue weighted by atomic mass is 32.1. The number of thiazole rings is 1. The third-order valence-corrected chi connectivity index (χ3v) is 4.17. The molecule has 1 atom stereocenters. The number of carbonyl (C=O) groups is 2. The van der Waals surface area contributed by atoms with Crippen LogP contribution in [0.15, 0.2) is 29.8 Å². The SMILES string of the molecule is CCNc1scnc1C(=O)OC(C)C(=O)Nc1ccc(CC)cc1. The van der Waals surface area contributed by atoms with Gasteiger partial charge in [0.25, 0.3) is 5.91 Å². The summed E-state index contributed by atoms with van der Waals surface area (Å²) < 4.78 is 5.21. The summed E-state index contributed by atoms with van der Waals surface area (Å²) in [5, 5.41) is 6.42. The quantitative estimate of drug-likeness (QED) is 0.751. The van der Waals surface area contributed by atoms with Gasteiger partial charge in [-0.05, 0) is 38.0 Å². The number of anilines is 2. The van der Waals surface area contributed by atoms with Gasteiger partial charge in [0.15, 0.2) is 11.8 Å². The molecule has 128 valence electrons. The van der Waals surface area contributed by atoms with E-state index in [-0.39, 0.29) is 11.6 Å². The van der Waals surface area contributed by atoms with Gasteiger partial charge in [-0.2, -0.15) is 0 Å². The van der Waals surface area contributed by atoms with Gasteiger partial charge in [0.1, 0.15) is 5.00 Å². The molecular weight excluding hydrogens is 326 g/mol. The smallest absolute Gasteiger partial charge is 0.360 e. The molecule has 1 unspecified atom stereocenters. The van der Waals surface area contributed by atoms with Gasteiger partial charge in [-0.3, -0.25) is 4.79 Å². The van der Waals surface area contributed by atoms with Crippen LogP contribution in [0.2, 0.25) is 0 Å². The van der Waals surface area contributed by atoms with Crippen LogP contribution in [0, 0.1) is 0 Å². The van der Waals surface area contributed by atoms with Crippen molar-refractivity contribution in [2.45, 2.75) is 33.3 Å². The Balaban J connectivity index is 1.95. The van der Waals surface area contributed by atoms with Crippen molar-refractivity contribution < 1.29 is 14.3 Å². The first kappa shape index (κ1) is 17.9. The lowest BCUT2D eigenvalue weighted by atomic mass is 10.1. The maximum Gasteiger partial charge on any atom is 0.360 e. The summed E-state index contributed by atoms with van der Waals surface area (Å²) in [7, 11) is 0. The van der Waals surface area contributed by atoms with E-state index in [1.807, 2.05) is 31.2 Å². The monoisotopic (exact) mass is 347 g/mol. The van der Waals surface area contributed by atoms with Crippen LogP contribution >= 0.6 is 11.3 Å². The number of aromatic nitrogens is 1. The minimum Gasteiger partial charge on any atom is -0.448 e. The molecule has 0 aliphatic heterocycles. The number of benzene rings is 1. The number of nitrogens with one attached hydrogen (secondary N) is 2. The molecule has 2 aromatic rings. The number of nitrogens with zero attached hydrogens (tertiary/aromatic N) is 1. The fraction of sp³-hybridized carbons (Fsp3) is 0.353. The molecule has 1 aromatic heterocycles. The van der Waals surface area contributed by atoms with Gasteiger partial charge in [0.2, 0.25) is 0 Å². The number of rotatable bonds is 7. The second kappa shape index (κ2) is 8.44. The highest BCUT2D eigenvalue weighted by molar-refractivity contribution is 7.14. The Labute approximate surface area is 145 Å². The second-order valence-corrected chi connectivity index (χ2v) is 6.00. The van der Waals surface area contributed by atoms with Gasteiger partial charge in [0.05, 0.1) is 5.51 Å². The minimum atomic E-state index is -0.917. The van der Waals surface area contributed by atoms with Crippen LogP contribution in [0.5, 0.6) is 0 Å². The molecule has 0 spiro atoms. The van der Waals surface area contributed by atoms with Crippen LogP contribution in [-0.4, -0.2) is 29.5 Å². The average molecular weight is 347 g/mol. The van der Waals surface area contributed by atoms with E-state index in [4.69, 9.17) is 4.74 Å². The molecule has 7 heteroatoms. The summed E-state index contributed by atoms with van der Waals surface area (Å²) in [4.78, 5) is 28.3. The molecule has 0 bridgehead atoms. The number of hydrogen-bond acceptors (Lipinski definition) is 6. The van der Waals surface area contributed by atoms with Crippen LogP contribution < -0.4 is 10.6 Å². The van der Waals surface area contributed by atoms with Gasteiger partial charge in [-0.1, -0.05) is 19.1 Å². The molecule has 0 aliphatic rings. The van der Waals surface area contributed by atoms with Crippen molar-refractivity contribution in [1.82, 2.24) is 4.98 Å². The molecule has 1 heterocycles. The summed E-state index contributed by atoms with van der Waals surface area (Å²) >= 11 is 1.32. The molecular formula is C17H21N3O3S. The van der Waals surface area contributed by atoms with E-state index in [2.05, 4.69) is 22.5 Å². The zero-order valence-electron chi connectivity index (χ0n) is 14.0. The van der Waals surface area contributed by atoms with E-state index >= 15 is 0 Å². The summed E-state index contributed by atoms with van der Waals surface area (Å²) in [5.41, 5.74) is 3.62. The van der Waals surface area contributed by atoms with Gasteiger partial charge in [-0.15, -0.1) is 11.3 Å². The number of carbonyl (C=O) groups excluding carboxylic acids is 2. The lowest BCUT2D eigenvalue weighted by molar-refractivity contribution is -0.123. The molecule has 0 saturated heterocycles. The van der Waals surface area contributed by atoms with Gasteiger partial charge in [0, 0.05) is 12.2 Å². The Morgan fingerprint density at radius 3 is 2.58 bits per heavy atom. The first-order chi connectivity index (χ1) is 11.5. The maximum absolute atomic E-state index is 12.2. The molecule has 2 rings (SSSR count). The third kappa shape index (κ3) is 4.55. The van der Waals surface area contributed by atoms with Crippen molar-refractivity contribution in [1.29, 1.82) is 0 Å². The topological polar surface area (TPSA) is 80.3 Å². The molecule has 2 N–H and O–H groups in total. The number of aryl methyl sites for hydroxylation is 1. The largest absolute Gasteiger partial charge is 0.448 e. The molecule has 24 heavy (non-hydrogen) atoms. The van der Waals surface area contributed by atoms with Crippen molar-refractivity contribution in [3.8, 4) is 0 Å². The van der Waals surface area contributed by atoms with E-state index in [0.29, 0.717) is 17.2 Å². The van der Waals surface area contributed by atoms with Crippen molar-refractivity contribution in [3.05, 3.63) is 41.0 Å². The van der Waals surface area contributed by atoms with E-state index in [1.165, 1.54) is 23.8 Å². The molecule has 0 fully saturated rings. The maximum atomic E-state index is 12.2. The van der Waals surface area contributed by atoms with Crippen molar-refractivity contribution in [2.24, 2.45) is 0 Å². The van der Waals surface area contributed by atoms with Gasteiger partial charge < -0.3 is 15.4 Å². The van der Waals surface area contributed by atoms with Crippen molar-refractivity contribution in [3.63, 3.8) is 0 Å². The second-order valence-electron chi connectivity index (χ2n) is 5.15. The normalized spacial score (nSPS) is 11.6. The Morgan fingerprint density at radius 2 is 1.96 bits per heavy atom. The zero-order chi connectivity index (χ0) is 17.5. The minimum absolute atomic E-state index is 0.203. The Hall–Kier alpha value is -2.41. The Morgan fingerprint density at radius 1 is 1.25 bits per heavy atom. The highest BCUT2D eigenvalue weighted by Crippen LogP contribution is 2.21. The molecule has 1 amide bonds. The Bertz CT molecular complexity index is 697. The average Bonchev–Trinajstić information content (AvgIpc) is 3.04. The number of hydrogen-bond donors (Lipinski definition) is 2. The fourth-order valence-electron chi connectivity index (χ4n) is 2.02. The van der Waals surface area contributed by atoms with Crippen LogP contribution in [0.1, 0.15) is 36.8 Å². The number of ether oxygens (including phenoxy) is 1. The molecule has 0 radical (unpaired) electrons. The zero-order valence-corrected chi connectivity index (χ0v) is 14.8. The molecule has 0 aliphatic carbocycles. The molecule has 0 saturated carbocycles. The van der Waals surface area contributed by atoms with Gasteiger partial charge >= 0.3 is 5.97 Å². The van der Waals surface area contributed by atoms with E-state index in [0.717, 1.165) is 6.42 Å². The predicted octanol–water partition coefficient (Wildman–Crippen LogP) is 3.32. The lowest BCUT2D eigenvalue weighted by Gasteiger charge is -2.13. The first-order valence-corrected chi connectivity index (χ1v) is 8.71. The standard InChI is InChI=1S/C17H21N3O3S/c1-4-12-6-8-13(9-7-12)20-15(21)11(3)23-17(22)14-16(18-5-2)24-10-19-14/h6-11,18H,4-5H2,1-3H3,(H,20,21). The summed E-state index contributed by atoms with van der Waals surface area (Å²) in [6.07, 6.45) is 0.0174. The van der Waals surface area contributed by atoms with Crippen molar-refractivity contribution >= 4 is 33.9 Å². The van der Waals surface area contributed by atoms with E-state index in [9.17, 15) is 9.59 Å². The highest BCUT2D eigenvalue weighted by Gasteiger charge is 2.22. The lowest BCUT2D eigenvalue weighted by Crippen LogP contribution is -2.30. The van der Waals surface area contributed by atoms with E-state index in [1.54, 1.807) is 5.51 Å². The third-order valence-electron chi connectivity index (χ3n) is 3.38. The fourth-order valence-corrected chi connectivity index (χ4v) is 2.75. The van der Waals surface area contributed by atoms with Crippen LogP contribution in [0.3, 0.4) is 0 Å². The van der Waals surface area contributed by atoms with E-state index < -0.39 is 12.1 Å². The summed E-state index contributed by atoms with van der Waals surface area (Å²) in [6.45, 7) is 6.20. The van der Waals surface area contributed by atoms with Crippen LogP contribution in [0.25, 0.3) is 0 Å². The number of amides is 1.